The summed E-state index contributed by atoms with van der Waals surface area (Å²) in [6.07, 6.45) is 2.93. The number of benzene rings is 1. The molecule has 0 bridgehead atoms. The summed E-state index contributed by atoms with van der Waals surface area (Å²) in [6, 6.07) is 4.97. The van der Waals surface area contributed by atoms with Gasteiger partial charge in [0, 0.05) is 24.8 Å². The Hall–Kier alpha value is -1.79. The lowest BCUT2D eigenvalue weighted by Crippen LogP contribution is -2.43. The minimum atomic E-state index is -0.387. The van der Waals surface area contributed by atoms with Crippen LogP contribution in [0.3, 0.4) is 0 Å². The predicted octanol–water partition coefficient (Wildman–Crippen LogP) is 2.39. The number of halogens is 1. The van der Waals surface area contributed by atoms with E-state index in [1.807, 2.05) is 0 Å². The number of carbonyl (C=O) groups is 2. The summed E-state index contributed by atoms with van der Waals surface area (Å²) in [6.45, 7) is 4.17. The number of rotatable bonds is 9. The van der Waals surface area contributed by atoms with Crippen molar-refractivity contribution < 1.29 is 19.1 Å². The Kier molecular flexibility index (Phi) is 7.34. The summed E-state index contributed by atoms with van der Waals surface area (Å²) in [7, 11) is 0. The van der Waals surface area contributed by atoms with Crippen LogP contribution in [-0.2, 0) is 14.3 Å². The fourth-order valence-corrected chi connectivity index (χ4v) is 2.51. The first kappa shape index (κ1) is 18.5. The number of hydrogen-bond donors (Lipinski definition) is 1. The van der Waals surface area contributed by atoms with Crippen LogP contribution in [0.5, 0.6) is 5.75 Å². The van der Waals surface area contributed by atoms with E-state index in [0.29, 0.717) is 29.6 Å². The number of hydrogen-bond acceptors (Lipinski definition) is 5. The van der Waals surface area contributed by atoms with E-state index in [0.717, 1.165) is 25.9 Å². The summed E-state index contributed by atoms with van der Waals surface area (Å²) in [5.41, 5.74) is 0.653. The maximum atomic E-state index is 12.1. The van der Waals surface area contributed by atoms with Crippen molar-refractivity contribution in [2.45, 2.75) is 26.2 Å². The van der Waals surface area contributed by atoms with Gasteiger partial charge in [-0.25, -0.2) is 4.79 Å². The third-order valence-corrected chi connectivity index (χ3v) is 3.80. The largest absolute Gasteiger partial charge is 0.423 e. The molecule has 0 unspecified atom stereocenters. The molecule has 0 saturated carbocycles. The highest BCUT2D eigenvalue weighted by atomic mass is 35.5. The highest BCUT2D eigenvalue weighted by Crippen LogP contribution is 2.34. The van der Waals surface area contributed by atoms with Gasteiger partial charge in [0.1, 0.15) is 6.54 Å². The number of esters is 1. The zero-order valence-corrected chi connectivity index (χ0v) is 14.6. The number of unbranched alkanes of at least 4 members (excludes halogenated alkanes) is 1. The van der Waals surface area contributed by atoms with Crippen molar-refractivity contribution in [3.63, 3.8) is 0 Å². The quantitative estimate of drug-likeness (QED) is 0.419. The summed E-state index contributed by atoms with van der Waals surface area (Å²) in [5.74, 6) is -0.112. The van der Waals surface area contributed by atoms with Crippen LogP contribution >= 0.6 is 11.6 Å². The molecule has 1 amide bonds. The third kappa shape index (κ3) is 5.69. The van der Waals surface area contributed by atoms with E-state index >= 15 is 0 Å². The zero-order chi connectivity index (χ0) is 17.4. The van der Waals surface area contributed by atoms with Crippen molar-refractivity contribution >= 4 is 29.2 Å². The smallest absolute Gasteiger partial charge is 0.331 e. The minimum absolute atomic E-state index is 0.0287. The SMILES string of the molecule is CCCCOCCCNC(=O)CN1CC(=O)Oc2ccc(Cl)cc21. The van der Waals surface area contributed by atoms with E-state index in [9.17, 15) is 9.59 Å². The van der Waals surface area contributed by atoms with Crippen LogP contribution in [0.15, 0.2) is 18.2 Å². The van der Waals surface area contributed by atoms with Crippen LogP contribution in [0.4, 0.5) is 5.69 Å². The molecule has 6 nitrogen and oxygen atoms in total. The van der Waals surface area contributed by atoms with Crippen LogP contribution < -0.4 is 15.0 Å². The fraction of sp³-hybridized carbons (Fsp3) is 0.529. The van der Waals surface area contributed by atoms with Crippen LogP contribution in [0.1, 0.15) is 26.2 Å². The number of carbonyl (C=O) groups excluding carboxylic acids is 2. The minimum Gasteiger partial charge on any atom is -0.423 e. The maximum absolute atomic E-state index is 12.1. The molecule has 0 atom stereocenters. The second-order valence-corrected chi connectivity index (χ2v) is 6.05. The molecule has 1 aromatic rings. The molecule has 1 aliphatic rings. The highest BCUT2D eigenvalue weighted by Gasteiger charge is 2.25. The van der Waals surface area contributed by atoms with Gasteiger partial charge in [-0.2, -0.15) is 0 Å². The van der Waals surface area contributed by atoms with E-state index in [-0.39, 0.29) is 25.0 Å². The van der Waals surface area contributed by atoms with Crippen LogP contribution in [0.2, 0.25) is 5.02 Å². The molecular formula is C17H23ClN2O4. The topological polar surface area (TPSA) is 67.9 Å². The summed E-state index contributed by atoms with van der Waals surface area (Å²) in [4.78, 5) is 25.4. The number of nitrogens with zero attached hydrogens (tertiary/aromatic N) is 1. The summed E-state index contributed by atoms with van der Waals surface area (Å²) < 4.78 is 10.6. The lowest BCUT2D eigenvalue weighted by Gasteiger charge is -2.29. The average molecular weight is 355 g/mol. The number of ether oxygens (including phenoxy) is 2. The van der Waals surface area contributed by atoms with Gasteiger partial charge in [-0.15, -0.1) is 0 Å². The zero-order valence-electron chi connectivity index (χ0n) is 13.8. The molecule has 7 heteroatoms. The predicted molar refractivity (Wildman–Crippen MR) is 92.7 cm³/mol. The molecule has 0 fully saturated rings. The molecule has 2 rings (SSSR count). The van der Waals surface area contributed by atoms with E-state index in [1.165, 1.54) is 0 Å². The highest BCUT2D eigenvalue weighted by molar-refractivity contribution is 6.31. The molecule has 1 aromatic carbocycles. The van der Waals surface area contributed by atoms with Gasteiger partial charge >= 0.3 is 5.97 Å². The average Bonchev–Trinajstić information content (AvgIpc) is 2.54. The van der Waals surface area contributed by atoms with E-state index in [2.05, 4.69) is 12.2 Å². The normalized spacial score (nSPS) is 13.4. The van der Waals surface area contributed by atoms with Gasteiger partial charge in [-0.05, 0) is 31.0 Å². The van der Waals surface area contributed by atoms with E-state index in [4.69, 9.17) is 21.1 Å². The van der Waals surface area contributed by atoms with Gasteiger partial charge in [0.15, 0.2) is 5.75 Å². The third-order valence-electron chi connectivity index (χ3n) is 3.57. The molecule has 0 aliphatic carbocycles. The van der Waals surface area contributed by atoms with Crippen LogP contribution in [-0.4, -0.2) is 44.7 Å². The maximum Gasteiger partial charge on any atom is 0.331 e. The van der Waals surface area contributed by atoms with Gasteiger partial charge in [0.25, 0.3) is 0 Å². The van der Waals surface area contributed by atoms with Crippen molar-refractivity contribution in [3.05, 3.63) is 23.2 Å². The van der Waals surface area contributed by atoms with Crippen molar-refractivity contribution in [1.82, 2.24) is 5.32 Å². The van der Waals surface area contributed by atoms with Crippen molar-refractivity contribution in [1.29, 1.82) is 0 Å². The Labute approximate surface area is 147 Å². The molecule has 0 spiro atoms. The molecule has 1 heterocycles. The molecule has 24 heavy (non-hydrogen) atoms. The standard InChI is InChI=1S/C17H23ClN2O4/c1-2-3-8-23-9-4-7-19-16(21)11-20-12-17(22)24-15-6-5-13(18)10-14(15)20/h5-6,10H,2-4,7-9,11-12H2,1H3,(H,19,21). The first-order valence-electron chi connectivity index (χ1n) is 8.19. The van der Waals surface area contributed by atoms with Crippen molar-refractivity contribution in [2.75, 3.05) is 37.7 Å². The lowest BCUT2D eigenvalue weighted by molar-refractivity contribution is -0.133. The molecule has 1 N–H and O–H groups in total. The molecule has 132 valence electrons. The monoisotopic (exact) mass is 354 g/mol. The second kappa shape index (κ2) is 9.49. The van der Waals surface area contributed by atoms with Gasteiger partial charge < -0.3 is 19.7 Å². The Morgan fingerprint density at radius 2 is 2.17 bits per heavy atom. The Bertz CT molecular complexity index is 580. The first-order chi connectivity index (χ1) is 11.6. The van der Waals surface area contributed by atoms with Gasteiger partial charge in [-0.1, -0.05) is 24.9 Å². The van der Waals surface area contributed by atoms with Crippen LogP contribution in [0, 0.1) is 0 Å². The van der Waals surface area contributed by atoms with Crippen molar-refractivity contribution in [3.8, 4) is 5.75 Å². The van der Waals surface area contributed by atoms with E-state index in [1.54, 1.807) is 23.1 Å². The molecular weight excluding hydrogens is 332 g/mol. The lowest BCUT2D eigenvalue weighted by atomic mass is 10.2. The van der Waals surface area contributed by atoms with Crippen molar-refractivity contribution in [2.24, 2.45) is 0 Å². The summed E-state index contributed by atoms with van der Waals surface area (Å²) in [5, 5.41) is 3.36. The Balaban J connectivity index is 1.78. The molecule has 1 aliphatic heterocycles. The van der Waals surface area contributed by atoms with Gasteiger partial charge in [-0.3, -0.25) is 4.79 Å². The first-order valence-corrected chi connectivity index (χ1v) is 8.57. The Morgan fingerprint density at radius 3 is 2.96 bits per heavy atom. The summed E-state index contributed by atoms with van der Waals surface area (Å²) >= 11 is 5.99. The molecule has 0 saturated heterocycles. The number of anilines is 1. The number of nitrogens with one attached hydrogen (secondary N) is 1. The molecule has 0 aromatic heterocycles. The fourth-order valence-electron chi connectivity index (χ4n) is 2.34. The number of fused-ring (bicyclic) bond motifs is 1. The van der Waals surface area contributed by atoms with E-state index < -0.39 is 0 Å². The van der Waals surface area contributed by atoms with Gasteiger partial charge in [0.05, 0.1) is 12.2 Å². The second-order valence-electron chi connectivity index (χ2n) is 5.61. The van der Waals surface area contributed by atoms with Gasteiger partial charge in [0.2, 0.25) is 5.91 Å². The van der Waals surface area contributed by atoms with Crippen LogP contribution in [0.25, 0.3) is 0 Å². The Morgan fingerprint density at radius 1 is 1.38 bits per heavy atom. The number of amides is 1. The molecule has 0 radical (unpaired) electrons.